The maximum Gasteiger partial charge on any atom is 0.202 e. The summed E-state index contributed by atoms with van der Waals surface area (Å²) in [6.45, 7) is 0. The van der Waals surface area contributed by atoms with Crippen LogP contribution in [0.5, 0.6) is 0 Å². The van der Waals surface area contributed by atoms with Crippen molar-refractivity contribution < 1.29 is 14.0 Å². The molecule has 1 aromatic carbocycles. The number of benzene rings is 1. The van der Waals surface area contributed by atoms with Crippen LogP contribution in [0.15, 0.2) is 41.1 Å². The third-order valence-corrected chi connectivity index (χ3v) is 3.12. The molecule has 17 heavy (non-hydrogen) atoms. The van der Waals surface area contributed by atoms with Gasteiger partial charge >= 0.3 is 0 Å². The van der Waals surface area contributed by atoms with Gasteiger partial charge in [0.1, 0.15) is 6.29 Å². The zero-order valence-electron chi connectivity index (χ0n) is 8.80. The van der Waals surface area contributed by atoms with Crippen LogP contribution in [0, 0.1) is 0 Å². The number of thiophene rings is 1. The summed E-state index contributed by atoms with van der Waals surface area (Å²) >= 11 is 1.33. The Bertz CT molecular complexity index is 534. The first-order chi connectivity index (χ1) is 8.24. The van der Waals surface area contributed by atoms with Gasteiger partial charge in [0.25, 0.3) is 0 Å². The summed E-state index contributed by atoms with van der Waals surface area (Å²) in [6, 6.07) is 7.77. The summed E-state index contributed by atoms with van der Waals surface area (Å²) < 4.78 is 14.0. The Balaban J connectivity index is 2.34. The predicted molar refractivity (Wildman–Crippen MR) is 64.3 cm³/mol. The smallest absolute Gasteiger partial charge is 0.202 e. The topological polar surface area (TPSA) is 34.1 Å². The number of carbonyl (C=O) groups excluding carboxylic acids is 2. The summed E-state index contributed by atoms with van der Waals surface area (Å²) in [5, 5.41) is 3.31. The minimum atomic E-state index is -1.79. The average Bonchev–Trinajstić information content (AvgIpc) is 2.90. The molecule has 2 aromatic rings. The van der Waals surface area contributed by atoms with Crippen molar-refractivity contribution in [1.82, 2.24) is 0 Å². The molecule has 2 nitrogen and oxygen atoms in total. The predicted octanol–water partition coefficient (Wildman–Crippen LogP) is 3.45. The summed E-state index contributed by atoms with van der Waals surface area (Å²) in [6.07, 6.45) is -1.23. The van der Waals surface area contributed by atoms with Crippen molar-refractivity contribution in [3.05, 3.63) is 57.8 Å². The molecule has 86 valence electrons. The Hall–Kier alpha value is -1.81. The molecule has 0 aliphatic heterocycles. The lowest BCUT2D eigenvalue weighted by Crippen LogP contribution is -2.09. The molecule has 2 rings (SSSR count). The summed E-state index contributed by atoms with van der Waals surface area (Å²) in [7, 11) is 0. The number of aldehydes is 1. The van der Waals surface area contributed by atoms with Gasteiger partial charge in [0.05, 0.1) is 0 Å². The van der Waals surface area contributed by atoms with E-state index in [-0.39, 0.29) is 11.1 Å². The molecule has 0 aliphatic rings. The summed E-state index contributed by atoms with van der Waals surface area (Å²) in [5.74, 6) is -0.611. The molecular weight excluding hydrogens is 239 g/mol. The van der Waals surface area contributed by atoms with Gasteiger partial charge in [0, 0.05) is 22.1 Å². The van der Waals surface area contributed by atoms with Crippen molar-refractivity contribution in [1.29, 1.82) is 0 Å². The van der Waals surface area contributed by atoms with E-state index in [0.29, 0.717) is 11.8 Å². The average molecular weight is 248 g/mol. The van der Waals surface area contributed by atoms with Gasteiger partial charge in [-0.25, -0.2) is 4.39 Å². The van der Waals surface area contributed by atoms with E-state index >= 15 is 0 Å². The van der Waals surface area contributed by atoms with Crippen LogP contribution < -0.4 is 0 Å². The molecule has 0 bridgehead atoms. The fourth-order valence-corrected chi connectivity index (χ4v) is 2.19. The normalized spacial score (nSPS) is 12.1. The van der Waals surface area contributed by atoms with Crippen molar-refractivity contribution in [2.24, 2.45) is 0 Å². The van der Waals surface area contributed by atoms with Crippen LogP contribution in [0.1, 0.15) is 32.5 Å². The number of hydrogen-bond donors (Lipinski definition) is 0. The number of carbonyl (C=O) groups is 2. The third kappa shape index (κ3) is 2.31. The third-order valence-electron chi connectivity index (χ3n) is 2.43. The maximum absolute atomic E-state index is 14.0. The lowest BCUT2D eigenvalue weighted by atomic mass is 9.99. The van der Waals surface area contributed by atoms with E-state index in [1.807, 2.05) is 0 Å². The number of rotatable bonds is 4. The fraction of sp³-hybridized carbons (Fsp3) is 0.0769. The number of alkyl halides is 1. The van der Waals surface area contributed by atoms with Gasteiger partial charge < -0.3 is 0 Å². The van der Waals surface area contributed by atoms with Gasteiger partial charge in [0.15, 0.2) is 6.17 Å². The Labute approximate surface area is 102 Å². The SMILES string of the molecule is O=Cc1ccccc1C(F)C(=O)c1ccsc1. The Kier molecular flexibility index (Phi) is 3.44. The zero-order valence-corrected chi connectivity index (χ0v) is 9.62. The van der Waals surface area contributed by atoms with Crippen molar-refractivity contribution >= 4 is 23.4 Å². The van der Waals surface area contributed by atoms with Gasteiger partial charge in [-0.1, -0.05) is 24.3 Å². The molecule has 0 saturated carbocycles. The van der Waals surface area contributed by atoms with Crippen LogP contribution in [0.4, 0.5) is 4.39 Å². The van der Waals surface area contributed by atoms with Crippen molar-refractivity contribution in [2.75, 3.05) is 0 Å². The van der Waals surface area contributed by atoms with E-state index < -0.39 is 12.0 Å². The number of Topliss-reactive ketones (excluding diaryl/α,β-unsaturated/α-hetero) is 1. The Morgan fingerprint density at radius 1 is 1.29 bits per heavy atom. The van der Waals surface area contributed by atoms with Gasteiger partial charge in [-0.05, 0) is 11.4 Å². The largest absolute Gasteiger partial charge is 0.298 e. The number of ketones is 1. The van der Waals surface area contributed by atoms with Crippen molar-refractivity contribution in [3.8, 4) is 0 Å². The van der Waals surface area contributed by atoms with E-state index in [0.717, 1.165) is 0 Å². The molecule has 1 atom stereocenters. The van der Waals surface area contributed by atoms with Crippen LogP contribution in [0.2, 0.25) is 0 Å². The van der Waals surface area contributed by atoms with E-state index in [4.69, 9.17) is 0 Å². The van der Waals surface area contributed by atoms with E-state index in [1.54, 1.807) is 29.0 Å². The van der Waals surface area contributed by atoms with Crippen molar-refractivity contribution in [3.63, 3.8) is 0 Å². The molecule has 1 unspecified atom stereocenters. The minimum absolute atomic E-state index is 0.124. The number of halogens is 1. The standard InChI is InChI=1S/C13H9FO2S/c14-12(13(16)10-5-6-17-8-10)11-4-2-1-3-9(11)7-15/h1-8,12H. The fourth-order valence-electron chi connectivity index (χ4n) is 1.54. The van der Waals surface area contributed by atoms with Gasteiger partial charge in [-0.3, -0.25) is 9.59 Å². The van der Waals surface area contributed by atoms with E-state index in [1.165, 1.54) is 23.5 Å². The molecule has 0 fully saturated rings. The van der Waals surface area contributed by atoms with E-state index in [2.05, 4.69) is 0 Å². The minimum Gasteiger partial charge on any atom is -0.298 e. The molecule has 0 aliphatic carbocycles. The second kappa shape index (κ2) is 5.01. The lowest BCUT2D eigenvalue weighted by Gasteiger charge is -2.08. The molecule has 0 spiro atoms. The first-order valence-corrected chi connectivity index (χ1v) is 5.93. The molecule has 4 heteroatoms. The molecule has 0 N–H and O–H groups in total. The molecule has 1 aromatic heterocycles. The van der Waals surface area contributed by atoms with Crippen LogP contribution >= 0.6 is 11.3 Å². The molecule has 0 radical (unpaired) electrons. The van der Waals surface area contributed by atoms with Crippen LogP contribution in [0.3, 0.4) is 0 Å². The first kappa shape index (κ1) is 11.7. The van der Waals surface area contributed by atoms with Crippen LogP contribution in [0.25, 0.3) is 0 Å². The van der Waals surface area contributed by atoms with Gasteiger partial charge in [-0.2, -0.15) is 11.3 Å². The quantitative estimate of drug-likeness (QED) is 0.613. The first-order valence-electron chi connectivity index (χ1n) is 4.98. The van der Waals surface area contributed by atoms with Crippen LogP contribution in [-0.4, -0.2) is 12.1 Å². The number of hydrogen-bond acceptors (Lipinski definition) is 3. The highest BCUT2D eigenvalue weighted by atomic mass is 32.1. The van der Waals surface area contributed by atoms with Gasteiger partial charge in [-0.15, -0.1) is 0 Å². The zero-order chi connectivity index (χ0) is 12.3. The lowest BCUT2D eigenvalue weighted by molar-refractivity contribution is 0.0877. The van der Waals surface area contributed by atoms with Crippen molar-refractivity contribution in [2.45, 2.75) is 6.17 Å². The molecular formula is C13H9FO2S. The van der Waals surface area contributed by atoms with E-state index in [9.17, 15) is 14.0 Å². The second-order valence-corrected chi connectivity index (χ2v) is 4.27. The molecule has 1 heterocycles. The molecule has 0 saturated heterocycles. The summed E-state index contributed by atoms with van der Waals surface area (Å²) in [5.41, 5.74) is 0.672. The monoisotopic (exact) mass is 248 g/mol. The Morgan fingerprint density at radius 2 is 2.06 bits per heavy atom. The summed E-state index contributed by atoms with van der Waals surface area (Å²) in [4.78, 5) is 22.6. The highest BCUT2D eigenvalue weighted by Crippen LogP contribution is 2.25. The molecule has 0 amide bonds. The maximum atomic E-state index is 14.0. The van der Waals surface area contributed by atoms with Crippen LogP contribution in [-0.2, 0) is 0 Å². The van der Waals surface area contributed by atoms with Gasteiger partial charge in [0.2, 0.25) is 5.78 Å². The second-order valence-electron chi connectivity index (χ2n) is 3.49. The Morgan fingerprint density at radius 3 is 2.71 bits per heavy atom. The highest BCUT2D eigenvalue weighted by Gasteiger charge is 2.23. The highest BCUT2D eigenvalue weighted by molar-refractivity contribution is 7.08.